The second-order valence-electron chi connectivity index (χ2n) is 0.662. The SMILES string of the molecule is CC(=O)O.O.[Cl][Co]([Cl])[Cl].[Co]. The van der Waals surface area contributed by atoms with Gasteiger partial charge in [-0.25, -0.2) is 0 Å². The molecule has 0 heterocycles. The van der Waals surface area contributed by atoms with Crippen LogP contribution in [0.15, 0.2) is 0 Å². The molecule has 0 aliphatic rings. The van der Waals surface area contributed by atoms with Crippen molar-refractivity contribution in [2.75, 3.05) is 0 Å². The van der Waals surface area contributed by atoms with E-state index < -0.39 is 16.9 Å². The zero-order valence-corrected chi connectivity index (χ0v) is 9.01. The molecule has 0 aliphatic heterocycles. The first kappa shape index (κ1) is 22.5. The zero-order chi connectivity index (χ0) is 7.15. The Morgan fingerprint density at radius 2 is 1.40 bits per heavy atom. The first-order valence-corrected chi connectivity index (χ1v) is 5.60. The predicted molar refractivity (Wildman–Crippen MR) is 34.5 cm³/mol. The summed E-state index contributed by atoms with van der Waals surface area (Å²) in [6.45, 7) is 1.08. The van der Waals surface area contributed by atoms with Gasteiger partial charge in [0.25, 0.3) is 5.97 Å². The first-order valence-electron chi connectivity index (χ1n) is 1.31. The normalized spacial score (nSPS) is 7.00. The van der Waals surface area contributed by atoms with E-state index in [-0.39, 0.29) is 22.3 Å². The molecular formula is C2H6Cl3Co2O3. The quantitative estimate of drug-likeness (QED) is 0.733. The Balaban J connectivity index is -0.0000000300. The van der Waals surface area contributed by atoms with Crippen LogP contribution in [0.3, 0.4) is 0 Å². The average Bonchev–Trinajstić information content (AvgIpc) is 1.25. The third kappa shape index (κ3) is 373. The van der Waals surface area contributed by atoms with Crippen LogP contribution in [-0.2, 0) is 32.5 Å². The van der Waals surface area contributed by atoms with Gasteiger partial charge in [-0.3, -0.25) is 4.79 Å². The Bertz CT molecular complexity index is 64.0. The third-order valence-electron chi connectivity index (χ3n) is 0. The molecule has 0 saturated heterocycles. The summed E-state index contributed by atoms with van der Waals surface area (Å²) in [5, 5.41) is 7.42. The smallest absolute Gasteiger partial charge is 0 e. The van der Waals surface area contributed by atoms with Crippen molar-refractivity contribution in [3.63, 3.8) is 0 Å². The predicted octanol–water partition coefficient (Wildman–Crippen LogP) is 1.33. The number of rotatable bonds is 0. The molecule has 0 spiro atoms. The van der Waals surface area contributed by atoms with Gasteiger partial charge in [0.2, 0.25) is 0 Å². The summed E-state index contributed by atoms with van der Waals surface area (Å²) >= 11 is 0. The number of carboxylic acids is 1. The number of aliphatic carboxylic acids is 1. The molecule has 0 saturated carbocycles. The van der Waals surface area contributed by atoms with E-state index in [9.17, 15) is 0 Å². The van der Waals surface area contributed by atoms with Gasteiger partial charge in [0, 0.05) is 23.7 Å². The van der Waals surface area contributed by atoms with Crippen molar-refractivity contribution >= 4 is 36.4 Å². The molecule has 0 fully saturated rings. The molecule has 0 atom stereocenters. The van der Waals surface area contributed by atoms with Crippen molar-refractivity contribution in [2.45, 2.75) is 6.92 Å². The topological polar surface area (TPSA) is 68.8 Å². The van der Waals surface area contributed by atoms with Crippen molar-refractivity contribution < 1.29 is 43.1 Å². The summed E-state index contributed by atoms with van der Waals surface area (Å²) in [4.78, 5) is 9.00. The summed E-state index contributed by atoms with van der Waals surface area (Å²) in [5.41, 5.74) is 0. The summed E-state index contributed by atoms with van der Waals surface area (Å²) < 4.78 is 0. The number of halogens is 3. The van der Waals surface area contributed by atoms with Gasteiger partial charge in [-0.2, -0.15) is 0 Å². The van der Waals surface area contributed by atoms with Crippen LogP contribution in [0.1, 0.15) is 6.92 Å². The number of carbonyl (C=O) groups is 1. The molecule has 10 heavy (non-hydrogen) atoms. The Labute approximate surface area is 86.0 Å². The monoisotopic (exact) mass is 301 g/mol. The molecule has 0 rings (SSSR count). The number of hydrogen-bond acceptors (Lipinski definition) is 1. The fourth-order valence-corrected chi connectivity index (χ4v) is 0. The molecule has 8 heteroatoms. The second-order valence-corrected chi connectivity index (χ2v) is 5.82. The fraction of sp³-hybridized carbons (Fsp3) is 0.500. The molecule has 71 valence electrons. The molecule has 0 aromatic carbocycles. The van der Waals surface area contributed by atoms with Crippen LogP contribution in [0.4, 0.5) is 0 Å². The summed E-state index contributed by atoms with van der Waals surface area (Å²) in [6.07, 6.45) is 0. The van der Waals surface area contributed by atoms with E-state index in [1.165, 1.54) is 0 Å². The van der Waals surface area contributed by atoms with Gasteiger partial charge < -0.3 is 10.6 Å². The van der Waals surface area contributed by atoms with Crippen LogP contribution in [0.2, 0.25) is 0 Å². The van der Waals surface area contributed by atoms with Crippen molar-refractivity contribution in [1.29, 1.82) is 0 Å². The maximum atomic E-state index is 9.00. The van der Waals surface area contributed by atoms with Crippen LogP contribution in [0.25, 0.3) is 0 Å². The van der Waals surface area contributed by atoms with Crippen LogP contribution in [0, 0.1) is 0 Å². The molecule has 0 aliphatic carbocycles. The van der Waals surface area contributed by atoms with Gasteiger partial charge in [-0.15, -0.1) is 0 Å². The Morgan fingerprint density at radius 3 is 1.40 bits per heavy atom. The average molecular weight is 302 g/mol. The molecule has 0 aromatic heterocycles. The van der Waals surface area contributed by atoms with Crippen molar-refractivity contribution in [3.05, 3.63) is 0 Å². The van der Waals surface area contributed by atoms with E-state index in [1.54, 1.807) is 0 Å². The van der Waals surface area contributed by atoms with Crippen LogP contribution in [0.5, 0.6) is 0 Å². The van der Waals surface area contributed by atoms with Crippen molar-refractivity contribution in [2.24, 2.45) is 0 Å². The third-order valence-corrected chi connectivity index (χ3v) is 0. The van der Waals surface area contributed by atoms with E-state index in [0.29, 0.717) is 0 Å². The fourth-order valence-electron chi connectivity index (χ4n) is 0. The molecule has 3 N–H and O–H groups in total. The second kappa shape index (κ2) is 16.7. The maximum absolute atomic E-state index is 9.00. The van der Waals surface area contributed by atoms with E-state index >= 15 is 0 Å². The van der Waals surface area contributed by atoms with Crippen LogP contribution >= 0.6 is 30.4 Å². The van der Waals surface area contributed by atoms with E-state index in [0.717, 1.165) is 6.92 Å². The molecule has 0 aromatic rings. The van der Waals surface area contributed by atoms with Crippen LogP contribution in [-0.4, -0.2) is 16.6 Å². The summed E-state index contributed by atoms with van der Waals surface area (Å²) in [6, 6.07) is 0. The molecule has 0 bridgehead atoms. The molecule has 1 radical (unpaired) electrons. The van der Waals surface area contributed by atoms with E-state index in [2.05, 4.69) is 0 Å². The van der Waals surface area contributed by atoms with Gasteiger partial charge in [0.05, 0.1) is 0 Å². The molecule has 3 nitrogen and oxygen atoms in total. The van der Waals surface area contributed by atoms with Gasteiger partial charge >= 0.3 is 41.4 Å². The maximum Gasteiger partial charge on any atom is 0 e. The molecule has 0 unspecified atom stereocenters. The van der Waals surface area contributed by atoms with E-state index in [1.807, 2.05) is 0 Å². The van der Waals surface area contributed by atoms with Gasteiger partial charge in [0.1, 0.15) is 0 Å². The molecule has 0 amide bonds. The Morgan fingerprint density at radius 1 is 1.40 bits per heavy atom. The zero-order valence-electron chi connectivity index (χ0n) is 4.66. The summed E-state index contributed by atoms with van der Waals surface area (Å²) in [5.74, 6) is -0.833. The number of carboxylic acid groups (broad SMARTS) is 1. The van der Waals surface area contributed by atoms with Gasteiger partial charge in [-0.1, -0.05) is 0 Å². The van der Waals surface area contributed by atoms with Gasteiger partial charge in [0.15, 0.2) is 0 Å². The molecular weight excluding hydrogens is 296 g/mol. The van der Waals surface area contributed by atoms with Gasteiger partial charge in [-0.05, 0) is 0 Å². The standard InChI is InChI=1S/C2H4O2.3ClH.2Co.H2O/c1-2(3)4;;;;;;/h1H3,(H,3,4);3*1H;;;1H2/q;;;;;+3;/p-3. The van der Waals surface area contributed by atoms with Crippen LogP contribution < -0.4 is 0 Å². The number of hydrogen-bond donors (Lipinski definition) is 1. The largest absolute Gasteiger partial charge is 0 e. The Hall–Kier alpha value is 1.31. The van der Waals surface area contributed by atoms with Crippen molar-refractivity contribution in [3.8, 4) is 0 Å². The van der Waals surface area contributed by atoms with Crippen molar-refractivity contribution in [1.82, 2.24) is 0 Å². The minimum atomic E-state index is -1.19. The minimum absolute atomic E-state index is 0. The van der Waals surface area contributed by atoms with E-state index in [4.69, 9.17) is 40.3 Å². The Kier molecular flexibility index (Phi) is 37.6. The minimum Gasteiger partial charge on any atom is 0 e. The first-order chi connectivity index (χ1) is 3.46. The summed E-state index contributed by atoms with van der Waals surface area (Å²) in [7, 11) is 13.4.